The molecule has 0 radical (unpaired) electrons. The molecule has 0 aromatic rings. The minimum atomic E-state index is 0. The molecule has 3 N–H and O–H groups in total. The van der Waals surface area contributed by atoms with Gasteiger partial charge < -0.3 is 18.8 Å². The van der Waals surface area contributed by atoms with Crippen molar-refractivity contribution in [1.29, 1.82) is 5.26 Å². The monoisotopic (exact) mass is 272 g/mol. The Balaban J connectivity index is -0.0000000200. The minimum Gasteiger partial charge on any atom is -0.696 e. The van der Waals surface area contributed by atoms with Crippen LogP contribution in [-0.2, 0) is 35.0 Å². The minimum absolute atomic E-state index is 0. The van der Waals surface area contributed by atoms with Crippen molar-refractivity contribution in [1.82, 2.24) is 6.15 Å². The van der Waals surface area contributed by atoms with Gasteiger partial charge in [-0.25, -0.2) is 5.26 Å². The number of hydrogen-bond donors (Lipinski definition) is 1. The molecule has 0 atom stereocenters. The first kappa shape index (κ1) is 18.1. The van der Waals surface area contributed by atoms with E-state index in [1.54, 1.807) is 0 Å². The van der Waals surface area contributed by atoms with Crippen LogP contribution in [0.25, 0.3) is 0 Å². The first-order valence-electron chi connectivity index (χ1n) is 0.428. The molecule has 4 heteroatoms. The summed E-state index contributed by atoms with van der Waals surface area (Å²) in [6.45, 7) is 0. The van der Waals surface area contributed by atoms with Crippen LogP contribution in [0.5, 0.6) is 0 Å². The molecule has 34 valence electrons. The van der Waals surface area contributed by atoms with E-state index in [4.69, 9.17) is 5.26 Å². The molecule has 0 aliphatic heterocycles. The Morgan fingerprint density at radius 1 is 1.60 bits per heavy atom. The van der Waals surface area contributed by atoms with Crippen LogP contribution in [0.2, 0.25) is 0 Å². The predicted molar refractivity (Wildman–Crippen MR) is 18.0 cm³/mol. The van der Waals surface area contributed by atoms with Crippen molar-refractivity contribution in [2.24, 2.45) is 0 Å². The van der Waals surface area contributed by atoms with Gasteiger partial charge in [0.2, 0.25) is 0 Å². The Bertz CT molecular complexity index is 31.1. The van der Waals surface area contributed by atoms with E-state index < -0.39 is 0 Å². The zero-order valence-corrected chi connectivity index (χ0v) is 5.35. The average molecular weight is 272 g/mol. The van der Waals surface area contributed by atoms with Crippen molar-refractivity contribution in [3.8, 4) is 5.40 Å². The maximum Gasteiger partial charge on any atom is 1.00 e. The van der Waals surface area contributed by atoms with E-state index in [0.29, 0.717) is 0 Å². The van der Waals surface area contributed by atoms with E-state index >= 15 is 0 Å². The first-order chi connectivity index (χ1) is 1.41. The fourth-order valence-corrected chi connectivity index (χ4v) is 0. The molecule has 0 heterocycles. The molecule has 0 aliphatic carbocycles. The van der Waals surface area contributed by atoms with Crippen molar-refractivity contribution >= 4 is 12.6 Å². The normalized spacial score (nSPS) is 1.40. The van der Waals surface area contributed by atoms with Crippen LogP contribution < -0.4 is 6.15 Å². The van der Waals surface area contributed by atoms with Crippen LogP contribution in [-0.4, -0.2) is 0 Å². The maximum absolute atomic E-state index is 7.13. The predicted octanol–water partition coefficient (Wildman–Crippen LogP) is 0.174. The summed E-state index contributed by atoms with van der Waals surface area (Å²) in [6, 6.07) is 0. The van der Waals surface area contributed by atoms with Crippen LogP contribution in [0.3, 0.4) is 0 Å². The zero-order chi connectivity index (χ0) is 2.71. The van der Waals surface area contributed by atoms with E-state index in [9.17, 15) is 0 Å². The summed E-state index contributed by atoms with van der Waals surface area (Å²) in [5.41, 5.74) is 0. The van der Waals surface area contributed by atoms with Gasteiger partial charge in [0.1, 0.15) is 0 Å². The second-order valence-electron chi connectivity index (χ2n) is 0.0913. The maximum atomic E-state index is 7.13. The van der Waals surface area contributed by atoms with Gasteiger partial charge in [0, 0.05) is 0 Å². The van der Waals surface area contributed by atoms with E-state index in [2.05, 4.69) is 12.6 Å². The quantitative estimate of drug-likeness (QED) is 0.388. The first-order valence-corrected chi connectivity index (χ1v) is 0.836. The number of rotatable bonds is 0. The molecule has 0 bridgehead atoms. The van der Waals surface area contributed by atoms with Gasteiger partial charge in [0.15, 0.2) is 0 Å². The third-order valence-corrected chi connectivity index (χ3v) is 0. The van der Waals surface area contributed by atoms with Crippen molar-refractivity contribution in [3.63, 3.8) is 0 Å². The second kappa shape index (κ2) is 25.8. The molecule has 0 saturated heterocycles. The van der Waals surface area contributed by atoms with E-state index in [1.807, 2.05) is 0 Å². The van der Waals surface area contributed by atoms with Gasteiger partial charge in [-0.2, -0.15) is 0 Å². The summed E-state index contributed by atoms with van der Waals surface area (Å²) >= 11 is 3.70. The summed E-state index contributed by atoms with van der Waals surface area (Å²) in [5, 5.41) is 8.47. The van der Waals surface area contributed by atoms with Gasteiger partial charge in [-0.05, 0) is 0 Å². The Labute approximate surface area is 52.1 Å². The molecule has 0 spiro atoms. The van der Waals surface area contributed by atoms with Gasteiger partial charge in [-0.1, -0.05) is 5.40 Å². The Hall–Kier alpha value is 0.410. The number of nitriles is 1. The smallest absolute Gasteiger partial charge is 0.696 e. The number of hydrogen-bond acceptors (Lipinski definition) is 3. The van der Waals surface area contributed by atoms with Gasteiger partial charge in [-0.3, -0.25) is 0 Å². The third kappa shape index (κ3) is 152. The SMILES string of the molecule is N.N#C[S-].[Au+]. The molecule has 0 fully saturated rings. The second-order valence-corrected chi connectivity index (χ2v) is 0.274. The molecule has 2 nitrogen and oxygen atoms in total. The largest absolute Gasteiger partial charge is 1.00 e. The summed E-state index contributed by atoms with van der Waals surface area (Å²) in [5.74, 6) is 0. The van der Waals surface area contributed by atoms with Crippen LogP contribution >= 0.6 is 0 Å². The summed E-state index contributed by atoms with van der Waals surface area (Å²) < 4.78 is 0. The van der Waals surface area contributed by atoms with Crippen LogP contribution in [0, 0.1) is 10.7 Å². The fraction of sp³-hybridized carbons (Fsp3) is 0. The van der Waals surface area contributed by atoms with Gasteiger partial charge in [-0.15, -0.1) is 0 Å². The molecule has 0 aromatic carbocycles. The van der Waals surface area contributed by atoms with Crippen LogP contribution in [0.15, 0.2) is 0 Å². The molecule has 0 rings (SSSR count). The topological polar surface area (TPSA) is 58.8 Å². The fourth-order valence-electron chi connectivity index (χ4n) is 0. The van der Waals surface area contributed by atoms with Gasteiger partial charge in [0.25, 0.3) is 0 Å². The number of thiocyanates is 1. The van der Waals surface area contributed by atoms with Crippen LogP contribution in [0.4, 0.5) is 0 Å². The van der Waals surface area contributed by atoms with Crippen LogP contribution in [0.1, 0.15) is 0 Å². The molecule has 0 amide bonds. The van der Waals surface area contributed by atoms with E-state index in [-0.39, 0.29) is 28.5 Å². The molecule has 0 aliphatic rings. The Morgan fingerprint density at radius 3 is 1.60 bits per heavy atom. The average Bonchev–Trinajstić information content (AvgIpc) is 0.918. The Kier molecular flexibility index (Phi) is 93.4. The van der Waals surface area contributed by atoms with E-state index in [1.165, 1.54) is 5.40 Å². The summed E-state index contributed by atoms with van der Waals surface area (Å²) in [6.07, 6.45) is 0. The molecular weight excluding hydrogens is 269 g/mol. The van der Waals surface area contributed by atoms with Crippen molar-refractivity contribution < 1.29 is 22.4 Å². The Morgan fingerprint density at radius 2 is 1.60 bits per heavy atom. The summed E-state index contributed by atoms with van der Waals surface area (Å²) in [7, 11) is 0. The van der Waals surface area contributed by atoms with Crippen molar-refractivity contribution in [2.75, 3.05) is 0 Å². The third-order valence-electron chi connectivity index (χ3n) is 0. The molecule has 0 saturated carbocycles. The van der Waals surface area contributed by atoms with Crippen molar-refractivity contribution in [2.45, 2.75) is 0 Å². The summed E-state index contributed by atoms with van der Waals surface area (Å²) in [4.78, 5) is 0. The molecule has 5 heavy (non-hydrogen) atoms. The molecular formula is CH3AuN2S. The van der Waals surface area contributed by atoms with E-state index in [0.717, 1.165) is 0 Å². The number of nitrogens with zero attached hydrogens (tertiary/aromatic N) is 1. The van der Waals surface area contributed by atoms with Crippen molar-refractivity contribution in [3.05, 3.63) is 0 Å². The van der Waals surface area contributed by atoms with Gasteiger partial charge in [0.05, 0.1) is 0 Å². The molecule has 0 unspecified atom stereocenters. The van der Waals surface area contributed by atoms with Gasteiger partial charge >= 0.3 is 22.4 Å². The molecule has 0 aromatic heterocycles. The zero-order valence-electron chi connectivity index (χ0n) is 2.36. The standard InChI is InChI=1S/CHNS.Au.H3N/c2-1-3;;/h3H;;1H3/q;+1;/p-1.